The van der Waals surface area contributed by atoms with Crippen LogP contribution in [0.5, 0.6) is 0 Å². The van der Waals surface area contributed by atoms with Crippen LogP contribution in [0.4, 0.5) is 0 Å². The van der Waals surface area contributed by atoms with Gasteiger partial charge < -0.3 is 4.74 Å². The first kappa shape index (κ1) is 12.9. The molecule has 0 bridgehead atoms. The number of esters is 1. The van der Waals surface area contributed by atoms with Crippen LogP contribution in [0, 0.1) is 5.92 Å². The number of rotatable bonds is 4. The molecule has 0 N–H and O–H groups in total. The van der Waals surface area contributed by atoms with Crippen LogP contribution in [0.15, 0.2) is 0 Å². The van der Waals surface area contributed by atoms with E-state index in [1.807, 2.05) is 25.6 Å². The Morgan fingerprint density at radius 2 is 1.93 bits per heavy atom. The maximum atomic E-state index is 11.7. The highest BCUT2D eigenvalue weighted by atomic mass is 32.2. The zero-order valence-electron chi connectivity index (χ0n) is 10.2. The van der Waals surface area contributed by atoms with Crippen molar-refractivity contribution < 1.29 is 9.53 Å². The van der Waals surface area contributed by atoms with Crippen LogP contribution in [-0.2, 0) is 9.53 Å². The van der Waals surface area contributed by atoms with Crippen molar-refractivity contribution in [2.75, 3.05) is 0 Å². The Labute approximate surface area is 97.1 Å². The number of carbonyl (C=O) groups excluding carboxylic acids is 1. The van der Waals surface area contributed by atoms with Gasteiger partial charge in [0.1, 0.15) is 0 Å². The van der Waals surface area contributed by atoms with Crippen molar-refractivity contribution in [1.29, 1.82) is 0 Å². The molecule has 0 heterocycles. The van der Waals surface area contributed by atoms with Gasteiger partial charge in [-0.25, -0.2) is 0 Å². The van der Waals surface area contributed by atoms with Crippen molar-refractivity contribution in [3.8, 4) is 0 Å². The number of thioether (sulfide) groups is 1. The van der Waals surface area contributed by atoms with Gasteiger partial charge in [0.2, 0.25) is 0 Å². The molecule has 15 heavy (non-hydrogen) atoms. The van der Waals surface area contributed by atoms with E-state index >= 15 is 0 Å². The fourth-order valence-electron chi connectivity index (χ4n) is 1.99. The summed E-state index contributed by atoms with van der Waals surface area (Å²) in [5.41, 5.74) is 0. The Hall–Kier alpha value is -0.180. The lowest BCUT2D eigenvalue weighted by Gasteiger charge is -2.14. The summed E-state index contributed by atoms with van der Waals surface area (Å²) in [5.74, 6) is 0.167. The Bertz CT molecular complexity index is 214. The number of hydrogen-bond donors (Lipinski definition) is 0. The first-order chi connectivity index (χ1) is 6.99. The third-order valence-electron chi connectivity index (χ3n) is 2.53. The van der Waals surface area contributed by atoms with Crippen LogP contribution in [-0.4, -0.2) is 22.6 Å². The van der Waals surface area contributed by atoms with E-state index in [9.17, 15) is 4.79 Å². The fourth-order valence-corrected chi connectivity index (χ4v) is 3.38. The van der Waals surface area contributed by atoms with Crippen LogP contribution >= 0.6 is 11.8 Å². The maximum absolute atomic E-state index is 11.7. The van der Waals surface area contributed by atoms with Gasteiger partial charge in [-0.15, -0.1) is 0 Å². The zero-order valence-corrected chi connectivity index (χ0v) is 11.0. The highest BCUT2D eigenvalue weighted by Crippen LogP contribution is 2.36. The molecule has 1 fully saturated rings. The van der Waals surface area contributed by atoms with Gasteiger partial charge in [-0.3, -0.25) is 4.79 Å². The Balaban J connectivity index is 2.32. The highest BCUT2D eigenvalue weighted by molar-refractivity contribution is 8.00. The molecule has 0 spiro atoms. The summed E-state index contributed by atoms with van der Waals surface area (Å²) in [6, 6.07) is 0. The third-order valence-corrected chi connectivity index (χ3v) is 3.89. The summed E-state index contributed by atoms with van der Waals surface area (Å²) in [4.78, 5) is 11.7. The number of carbonyl (C=O) groups is 1. The van der Waals surface area contributed by atoms with Crippen molar-refractivity contribution >= 4 is 17.7 Å². The predicted octanol–water partition coefficient (Wildman–Crippen LogP) is 3.25. The minimum absolute atomic E-state index is 0.0110. The number of ether oxygens (including phenoxy) is 1. The summed E-state index contributed by atoms with van der Waals surface area (Å²) in [6.07, 6.45) is 3.21. The maximum Gasteiger partial charge on any atom is 0.309 e. The van der Waals surface area contributed by atoms with Gasteiger partial charge in [0.05, 0.1) is 12.0 Å². The van der Waals surface area contributed by atoms with E-state index in [1.165, 1.54) is 6.42 Å². The molecule has 1 aliphatic carbocycles. The molecule has 2 atom stereocenters. The van der Waals surface area contributed by atoms with Gasteiger partial charge in [-0.1, -0.05) is 13.8 Å². The normalized spacial score (nSPS) is 26.3. The van der Waals surface area contributed by atoms with E-state index in [0.29, 0.717) is 10.5 Å². The average Bonchev–Trinajstić information content (AvgIpc) is 2.50. The smallest absolute Gasteiger partial charge is 0.309 e. The monoisotopic (exact) mass is 230 g/mol. The lowest BCUT2D eigenvalue weighted by atomic mass is 10.1. The van der Waals surface area contributed by atoms with Crippen molar-refractivity contribution in [2.24, 2.45) is 5.92 Å². The van der Waals surface area contributed by atoms with Gasteiger partial charge in [0.15, 0.2) is 0 Å². The lowest BCUT2D eigenvalue weighted by molar-refractivity contribution is -0.152. The minimum atomic E-state index is 0.0110. The van der Waals surface area contributed by atoms with Crippen LogP contribution in [0.1, 0.15) is 47.0 Å². The second-order valence-corrected chi connectivity index (χ2v) is 6.68. The average molecular weight is 230 g/mol. The van der Waals surface area contributed by atoms with Gasteiger partial charge in [0.25, 0.3) is 0 Å². The van der Waals surface area contributed by atoms with Gasteiger partial charge in [-0.05, 0) is 38.4 Å². The second-order valence-electron chi connectivity index (χ2n) is 4.80. The molecule has 2 nitrogen and oxygen atoms in total. The molecular formula is C12H22O2S. The van der Waals surface area contributed by atoms with Crippen LogP contribution in [0.3, 0.4) is 0 Å². The van der Waals surface area contributed by atoms with E-state index in [-0.39, 0.29) is 18.0 Å². The van der Waals surface area contributed by atoms with E-state index in [2.05, 4.69) is 13.8 Å². The van der Waals surface area contributed by atoms with Gasteiger partial charge in [0, 0.05) is 5.25 Å². The topological polar surface area (TPSA) is 26.3 Å². The van der Waals surface area contributed by atoms with E-state index in [1.54, 1.807) is 0 Å². The summed E-state index contributed by atoms with van der Waals surface area (Å²) in [5, 5.41) is 1.32. The fraction of sp³-hybridized carbons (Fsp3) is 0.917. The highest BCUT2D eigenvalue weighted by Gasteiger charge is 2.31. The molecule has 0 saturated heterocycles. The van der Waals surface area contributed by atoms with Crippen LogP contribution in [0.2, 0.25) is 0 Å². The van der Waals surface area contributed by atoms with E-state index in [4.69, 9.17) is 4.74 Å². The molecule has 0 aliphatic heterocycles. The van der Waals surface area contributed by atoms with Crippen molar-refractivity contribution in [3.63, 3.8) is 0 Å². The Morgan fingerprint density at radius 1 is 1.27 bits per heavy atom. The SMILES string of the molecule is CC(C)OC(=O)C1CCC(SC(C)C)C1. The molecule has 0 aromatic carbocycles. The Kier molecular flexibility index (Phi) is 4.97. The predicted molar refractivity (Wildman–Crippen MR) is 65.1 cm³/mol. The molecule has 1 saturated carbocycles. The number of hydrogen-bond acceptors (Lipinski definition) is 3. The summed E-state index contributed by atoms with van der Waals surface area (Å²) in [7, 11) is 0. The molecule has 0 aromatic heterocycles. The molecular weight excluding hydrogens is 208 g/mol. The van der Waals surface area contributed by atoms with Crippen LogP contribution in [0.25, 0.3) is 0 Å². The standard InChI is InChI=1S/C12H22O2S/c1-8(2)14-12(13)10-5-6-11(7-10)15-9(3)4/h8-11H,5-7H2,1-4H3. The second kappa shape index (κ2) is 5.78. The minimum Gasteiger partial charge on any atom is -0.463 e. The van der Waals surface area contributed by atoms with Gasteiger partial charge >= 0.3 is 5.97 Å². The molecule has 1 rings (SSSR count). The molecule has 0 aromatic rings. The van der Waals surface area contributed by atoms with Crippen molar-refractivity contribution in [1.82, 2.24) is 0 Å². The van der Waals surface area contributed by atoms with Crippen molar-refractivity contribution in [2.45, 2.75) is 63.6 Å². The third kappa shape index (κ3) is 4.45. The van der Waals surface area contributed by atoms with Gasteiger partial charge in [-0.2, -0.15) is 11.8 Å². The molecule has 1 aliphatic rings. The zero-order chi connectivity index (χ0) is 11.4. The Morgan fingerprint density at radius 3 is 2.47 bits per heavy atom. The summed E-state index contributed by atoms with van der Waals surface area (Å²) >= 11 is 1.99. The quantitative estimate of drug-likeness (QED) is 0.693. The first-order valence-corrected chi connectivity index (χ1v) is 6.79. The van der Waals surface area contributed by atoms with Crippen molar-refractivity contribution in [3.05, 3.63) is 0 Å². The summed E-state index contributed by atoms with van der Waals surface area (Å²) in [6.45, 7) is 8.25. The lowest BCUT2D eigenvalue weighted by Crippen LogP contribution is -2.19. The molecule has 0 radical (unpaired) electrons. The molecule has 0 amide bonds. The van der Waals surface area contributed by atoms with E-state index < -0.39 is 0 Å². The molecule has 88 valence electrons. The molecule has 2 unspecified atom stereocenters. The summed E-state index contributed by atoms with van der Waals surface area (Å²) < 4.78 is 5.24. The molecule has 3 heteroatoms. The first-order valence-electron chi connectivity index (χ1n) is 5.85. The van der Waals surface area contributed by atoms with Crippen LogP contribution < -0.4 is 0 Å². The largest absolute Gasteiger partial charge is 0.463 e. The van der Waals surface area contributed by atoms with E-state index in [0.717, 1.165) is 12.8 Å².